The second-order valence-electron chi connectivity index (χ2n) is 5.82. The predicted octanol–water partition coefficient (Wildman–Crippen LogP) is 3.13. The van der Waals surface area contributed by atoms with Crippen molar-refractivity contribution in [3.63, 3.8) is 0 Å². The van der Waals surface area contributed by atoms with E-state index in [1.54, 1.807) is 6.20 Å². The lowest BCUT2D eigenvalue weighted by molar-refractivity contribution is 0.0729. The van der Waals surface area contributed by atoms with E-state index in [0.29, 0.717) is 12.2 Å². The summed E-state index contributed by atoms with van der Waals surface area (Å²) in [7, 11) is 0. The third kappa shape index (κ3) is 3.21. The van der Waals surface area contributed by atoms with Gasteiger partial charge in [0.05, 0.1) is 11.9 Å². The normalized spacial score (nSPS) is 13.6. The number of anilines is 1. The van der Waals surface area contributed by atoms with E-state index in [0.717, 1.165) is 31.7 Å². The molecule has 0 fully saturated rings. The third-order valence-corrected chi connectivity index (χ3v) is 4.51. The largest absolute Gasteiger partial charge is 0.371 e. The number of rotatable bonds is 4. The molecule has 0 saturated heterocycles. The first-order valence-corrected chi connectivity index (χ1v) is 8.30. The number of benzene rings is 1. The Hall–Kier alpha value is -2.36. The van der Waals surface area contributed by atoms with Crippen LogP contribution in [0.2, 0.25) is 0 Å². The van der Waals surface area contributed by atoms with Crippen molar-refractivity contribution >= 4 is 11.6 Å². The highest BCUT2D eigenvalue weighted by Gasteiger charge is 2.22. The van der Waals surface area contributed by atoms with E-state index < -0.39 is 0 Å². The van der Waals surface area contributed by atoms with Gasteiger partial charge in [-0.05, 0) is 43.5 Å². The van der Waals surface area contributed by atoms with Crippen LogP contribution >= 0.6 is 0 Å². The van der Waals surface area contributed by atoms with Gasteiger partial charge >= 0.3 is 0 Å². The van der Waals surface area contributed by atoms with Gasteiger partial charge in [-0.1, -0.05) is 24.3 Å². The molecule has 2 heterocycles. The maximum absolute atomic E-state index is 12.7. The standard InChI is InChI=1S/C19H23N3O/c1-3-21(4-2)17-9-10-18(20-13-17)19(23)22-12-11-15-7-5-6-8-16(15)14-22/h5-10,13H,3-4,11-12,14H2,1-2H3. The lowest BCUT2D eigenvalue weighted by Crippen LogP contribution is -2.36. The molecule has 0 spiro atoms. The Kier molecular flexibility index (Phi) is 4.60. The van der Waals surface area contributed by atoms with Crippen molar-refractivity contribution in [1.82, 2.24) is 9.88 Å². The summed E-state index contributed by atoms with van der Waals surface area (Å²) in [5, 5.41) is 0. The highest BCUT2D eigenvalue weighted by atomic mass is 16.2. The predicted molar refractivity (Wildman–Crippen MR) is 92.7 cm³/mol. The average Bonchev–Trinajstić information content (AvgIpc) is 2.62. The van der Waals surface area contributed by atoms with Crippen LogP contribution in [0, 0.1) is 0 Å². The van der Waals surface area contributed by atoms with Crippen molar-refractivity contribution in [2.45, 2.75) is 26.8 Å². The summed E-state index contributed by atoms with van der Waals surface area (Å²) in [5.41, 5.74) is 4.18. The van der Waals surface area contributed by atoms with E-state index in [2.05, 4.69) is 41.9 Å². The zero-order valence-electron chi connectivity index (χ0n) is 13.8. The molecule has 0 N–H and O–H groups in total. The molecule has 120 valence electrons. The molecule has 1 amide bonds. The first kappa shape index (κ1) is 15.5. The fraction of sp³-hybridized carbons (Fsp3) is 0.368. The fourth-order valence-corrected chi connectivity index (χ4v) is 3.12. The zero-order valence-corrected chi connectivity index (χ0v) is 13.8. The Labute approximate surface area is 137 Å². The van der Waals surface area contributed by atoms with Crippen molar-refractivity contribution in [3.05, 3.63) is 59.4 Å². The van der Waals surface area contributed by atoms with Crippen LogP contribution in [0.15, 0.2) is 42.6 Å². The Morgan fingerprint density at radius 1 is 1.13 bits per heavy atom. The van der Waals surface area contributed by atoms with Gasteiger partial charge in [0.15, 0.2) is 0 Å². The number of hydrogen-bond acceptors (Lipinski definition) is 3. The molecule has 0 atom stereocenters. The molecular formula is C19H23N3O. The summed E-state index contributed by atoms with van der Waals surface area (Å²) in [6.07, 6.45) is 2.72. The van der Waals surface area contributed by atoms with Crippen molar-refractivity contribution in [2.75, 3.05) is 24.5 Å². The van der Waals surface area contributed by atoms with Gasteiger partial charge in [-0.2, -0.15) is 0 Å². The Bertz CT molecular complexity index is 677. The topological polar surface area (TPSA) is 36.4 Å². The molecule has 1 aromatic carbocycles. The van der Waals surface area contributed by atoms with Gasteiger partial charge in [0, 0.05) is 26.2 Å². The van der Waals surface area contributed by atoms with Gasteiger partial charge in [0.25, 0.3) is 5.91 Å². The minimum Gasteiger partial charge on any atom is -0.371 e. The number of fused-ring (bicyclic) bond motifs is 1. The molecular weight excluding hydrogens is 286 g/mol. The molecule has 2 aromatic rings. The Morgan fingerprint density at radius 3 is 2.52 bits per heavy atom. The smallest absolute Gasteiger partial charge is 0.272 e. The maximum atomic E-state index is 12.7. The Morgan fingerprint density at radius 2 is 1.87 bits per heavy atom. The van der Waals surface area contributed by atoms with E-state index in [1.807, 2.05) is 23.1 Å². The fourth-order valence-electron chi connectivity index (χ4n) is 3.12. The van der Waals surface area contributed by atoms with Crippen molar-refractivity contribution in [3.8, 4) is 0 Å². The average molecular weight is 309 g/mol. The van der Waals surface area contributed by atoms with Crippen LogP contribution in [0.3, 0.4) is 0 Å². The molecule has 0 unspecified atom stereocenters. The first-order chi connectivity index (χ1) is 11.2. The molecule has 3 rings (SSSR count). The molecule has 4 heteroatoms. The Balaban J connectivity index is 1.74. The van der Waals surface area contributed by atoms with E-state index in [4.69, 9.17) is 0 Å². The SMILES string of the molecule is CCN(CC)c1ccc(C(=O)N2CCc3ccccc3C2)nc1. The second kappa shape index (κ2) is 6.82. The van der Waals surface area contributed by atoms with Crippen LogP contribution in [0.5, 0.6) is 0 Å². The van der Waals surface area contributed by atoms with Gasteiger partial charge < -0.3 is 9.80 Å². The number of nitrogens with zero attached hydrogens (tertiary/aromatic N) is 3. The van der Waals surface area contributed by atoms with Gasteiger partial charge in [0.2, 0.25) is 0 Å². The van der Waals surface area contributed by atoms with Crippen LogP contribution in [-0.4, -0.2) is 35.4 Å². The summed E-state index contributed by atoms with van der Waals surface area (Å²) in [5.74, 6) is 0.0191. The van der Waals surface area contributed by atoms with Crippen LogP contribution in [0.1, 0.15) is 35.5 Å². The summed E-state index contributed by atoms with van der Waals surface area (Å²) in [4.78, 5) is 21.2. The van der Waals surface area contributed by atoms with Gasteiger partial charge in [0.1, 0.15) is 5.69 Å². The highest BCUT2D eigenvalue weighted by Crippen LogP contribution is 2.20. The summed E-state index contributed by atoms with van der Waals surface area (Å²) >= 11 is 0. The number of hydrogen-bond donors (Lipinski definition) is 0. The van der Waals surface area contributed by atoms with Gasteiger partial charge in [-0.3, -0.25) is 4.79 Å². The van der Waals surface area contributed by atoms with E-state index in [9.17, 15) is 4.79 Å². The third-order valence-electron chi connectivity index (χ3n) is 4.51. The minimum absolute atomic E-state index is 0.0191. The van der Waals surface area contributed by atoms with E-state index in [1.165, 1.54) is 11.1 Å². The summed E-state index contributed by atoms with van der Waals surface area (Å²) in [6, 6.07) is 12.2. The molecule has 1 aliphatic rings. The molecule has 0 radical (unpaired) electrons. The van der Waals surface area contributed by atoms with Crippen LogP contribution in [-0.2, 0) is 13.0 Å². The minimum atomic E-state index is 0.0191. The summed E-state index contributed by atoms with van der Waals surface area (Å²) < 4.78 is 0. The van der Waals surface area contributed by atoms with Crippen molar-refractivity contribution < 1.29 is 4.79 Å². The molecule has 0 aliphatic carbocycles. The molecule has 0 bridgehead atoms. The summed E-state index contributed by atoms with van der Waals surface area (Å²) in [6.45, 7) is 7.55. The number of carbonyl (C=O) groups excluding carboxylic acids is 1. The number of amides is 1. The lowest BCUT2D eigenvalue weighted by Gasteiger charge is -2.28. The highest BCUT2D eigenvalue weighted by molar-refractivity contribution is 5.92. The van der Waals surface area contributed by atoms with Crippen LogP contribution in [0.4, 0.5) is 5.69 Å². The van der Waals surface area contributed by atoms with E-state index >= 15 is 0 Å². The monoisotopic (exact) mass is 309 g/mol. The van der Waals surface area contributed by atoms with Crippen LogP contribution in [0.25, 0.3) is 0 Å². The first-order valence-electron chi connectivity index (χ1n) is 8.30. The second-order valence-corrected chi connectivity index (χ2v) is 5.82. The van der Waals surface area contributed by atoms with Gasteiger partial charge in [-0.15, -0.1) is 0 Å². The number of pyridine rings is 1. The molecule has 1 aliphatic heterocycles. The molecule has 0 saturated carbocycles. The van der Waals surface area contributed by atoms with Gasteiger partial charge in [-0.25, -0.2) is 4.98 Å². The van der Waals surface area contributed by atoms with Crippen molar-refractivity contribution in [2.24, 2.45) is 0 Å². The quantitative estimate of drug-likeness (QED) is 0.870. The molecule has 4 nitrogen and oxygen atoms in total. The zero-order chi connectivity index (χ0) is 16.2. The van der Waals surface area contributed by atoms with Crippen LogP contribution < -0.4 is 4.90 Å². The number of carbonyl (C=O) groups is 1. The van der Waals surface area contributed by atoms with Crippen molar-refractivity contribution in [1.29, 1.82) is 0 Å². The lowest BCUT2D eigenvalue weighted by atomic mass is 10.00. The number of aromatic nitrogens is 1. The molecule has 23 heavy (non-hydrogen) atoms. The van der Waals surface area contributed by atoms with E-state index in [-0.39, 0.29) is 5.91 Å². The maximum Gasteiger partial charge on any atom is 0.272 e. The molecule has 1 aromatic heterocycles.